The third kappa shape index (κ3) is 4.34. The van der Waals surface area contributed by atoms with E-state index in [0.29, 0.717) is 0 Å². The second kappa shape index (κ2) is 7.77. The van der Waals surface area contributed by atoms with E-state index in [4.69, 9.17) is 16.6 Å². The average molecular weight is 375 g/mol. The van der Waals surface area contributed by atoms with Gasteiger partial charge < -0.3 is 15.5 Å². The summed E-state index contributed by atoms with van der Waals surface area (Å²) in [5.74, 6) is 1.72. The van der Waals surface area contributed by atoms with Crippen molar-refractivity contribution in [2.45, 2.75) is 50.5 Å². The molecule has 3 aliphatic rings. The Hall–Kier alpha value is -1.26. The SMILES string of the molecule is CCNC(=NCC1(c2cccc(Cl)c2)CC1)NCC1CCN(C2CC2)C1. The van der Waals surface area contributed by atoms with Gasteiger partial charge in [-0.15, -0.1) is 0 Å². The van der Waals surface area contributed by atoms with Gasteiger partial charge in [-0.1, -0.05) is 23.7 Å². The molecule has 142 valence electrons. The molecular weight excluding hydrogens is 344 g/mol. The fourth-order valence-electron chi connectivity index (χ4n) is 4.12. The first-order chi connectivity index (χ1) is 12.7. The predicted octanol–water partition coefficient (Wildman–Crippen LogP) is 3.41. The Balaban J connectivity index is 1.32. The van der Waals surface area contributed by atoms with Crippen molar-refractivity contribution in [2.75, 3.05) is 32.7 Å². The molecule has 1 heterocycles. The maximum absolute atomic E-state index is 6.19. The van der Waals surface area contributed by atoms with Crippen LogP contribution in [0.3, 0.4) is 0 Å². The van der Waals surface area contributed by atoms with Gasteiger partial charge in [0, 0.05) is 36.1 Å². The van der Waals surface area contributed by atoms with Crippen molar-refractivity contribution in [1.29, 1.82) is 0 Å². The zero-order valence-corrected chi connectivity index (χ0v) is 16.6. The summed E-state index contributed by atoms with van der Waals surface area (Å²) in [5, 5.41) is 7.83. The van der Waals surface area contributed by atoms with Gasteiger partial charge in [0.15, 0.2) is 5.96 Å². The third-order valence-corrected chi connectivity index (χ3v) is 6.35. The number of rotatable bonds is 7. The molecule has 0 bridgehead atoms. The highest BCUT2D eigenvalue weighted by molar-refractivity contribution is 6.30. The Bertz CT molecular complexity index is 651. The number of nitrogens with one attached hydrogen (secondary N) is 2. The van der Waals surface area contributed by atoms with E-state index in [2.05, 4.69) is 40.7 Å². The molecule has 1 aliphatic heterocycles. The maximum atomic E-state index is 6.19. The number of guanidine groups is 1. The number of aliphatic imine (C=N–C) groups is 1. The molecule has 0 amide bonds. The van der Waals surface area contributed by atoms with Crippen LogP contribution in [0, 0.1) is 5.92 Å². The molecule has 1 unspecified atom stereocenters. The molecule has 1 atom stereocenters. The van der Waals surface area contributed by atoms with E-state index >= 15 is 0 Å². The molecule has 26 heavy (non-hydrogen) atoms. The van der Waals surface area contributed by atoms with Crippen molar-refractivity contribution in [2.24, 2.45) is 10.9 Å². The minimum Gasteiger partial charge on any atom is -0.357 e. The van der Waals surface area contributed by atoms with E-state index in [1.807, 2.05) is 6.07 Å². The lowest BCUT2D eigenvalue weighted by atomic mass is 9.96. The fraction of sp³-hybridized carbons (Fsp3) is 0.667. The van der Waals surface area contributed by atoms with Gasteiger partial charge in [-0.25, -0.2) is 0 Å². The van der Waals surface area contributed by atoms with Crippen LogP contribution in [0.1, 0.15) is 44.6 Å². The largest absolute Gasteiger partial charge is 0.357 e. The Morgan fingerprint density at radius 3 is 2.81 bits per heavy atom. The van der Waals surface area contributed by atoms with Gasteiger partial charge in [0.25, 0.3) is 0 Å². The number of hydrogen-bond donors (Lipinski definition) is 2. The molecule has 1 aromatic rings. The molecule has 2 aliphatic carbocycles. The summed E-state index contributed by atoms with van der Waals surface area (Å²) in [6, 6.07) is 9.20. The predicted molar refractivity (Wildman–Crippen MR) is 109 cm³/mol. The topological polar surface area (TPSA) is 39.7 Å². The van der Waals surface area contributed by atoms with Crippen LogP contribution in [0.25, 0.3) is 0 Å². The van der Waals surface area contributed by atoms with Crippen molar-refractivity contribution in [1.82, 2.24) is 15.5 Å². The quantitative estimate of drug-likeness (QED) is 0.567. The van der Waals surface area contributed by atoms with Crippen LogP contribution >= 0.6 is 11.6 Å². The maximum Gasteiger partial charge on any atom is 0.191 e. The second-order valence-electron chi connectivity index (χ2n) is 8.25. The minimum absolute atomic E-state index is 0.198. The number of nitrogens with zero attached hydrogens (tertiary/aromatic N) is 2. The molecule has 5 heteroatoms. The summed E-state index contributed by atoms with van der Waals surface area (Å²) in [6.45, 7) is 7.42. The molecule has 0 spiro atoms. The molecule has 1 saturated heterocycles. The molecule has 2 N–H and O–H groups in total. The summed E-state index contributed by atoms with van der Waals surface area (Å²) < 4.78 is 0. The Morgan fingerprint density at radius 1 is 1.27 bits per heavy atom. The number of benzene rings is 1. The van der Waals surface area contributed by atoms with Crippen LogP contribution in [-0.2, 0) is 5.41 Å². The van der Waals surface area contributed by atoms with Crippen molar-refractivity contribution < 1.29 is 0 Å². The number of likely N-dealkylation sites (tertiary alicyclic amines) is 1. The Morgan fingerprint density at radius 2 is 2.12 bits per heavy atom. The Kier molecular flexibility index (Phi) is 5.42. The van der Waals surface area contributed by atoms with E-state index in [9.17, 15) is 0 Å². The van der Waals surface area contributed by atoms with E-state index in [1.165, 1.54) is 50.8 Å². The molecule has 4 rings (SSSR count). The summed E-state index contributed by atoms with van der Waals surface area (Å²) in [4.78, 5) is 7.59. The van der Waals surface area contributed by atoms with Gasteiger partial charge in [0.05, 0.1) is 6.54 Å². The zero-order chi connectivity index (χ0) is 18.0. The number of hydrogen-bond acceptors (Lipinski definition) is 2. The first kappa shape index (κ1) is 18.1. The van der Waals surface area contributed by atoms with Crippen molar-refractivity contribution >= 4 is 17.6 Å². The lowest BCUT2D eigenvalue weighted by Crippen LogP contribution is -2.41. The summed E-state index contributed by atoms with van der Waals surface area (Å²) >= 11 is 6.19. The fourth-order valence-corrected chi connectivity index (χ4v) is 4.31. The third-order valence-electron chi connectivity index (χ3n) is 6.11. The number of halogens is 1. The van der Waals surface area contributed by atoms with E-state index in [1.54, 1.807) is 0 Å². The van der Waals surface area contributed by atoms with E-state index in [0.717, 1.165) is 42.6 Å². The van der Waals surface area contributed by atoms with Gasteiger partial charge in [0.1, 0.15) is 0 Å². The van der Waals surface area contributed by atoms with Gasteiger partial charge in [-0.05, 0) is 69.2 Å². The highest BCUT2D eigenvalue weighted by Gasteiger charge is 2.44. The second-order valence-corrected chi connectivity index (χ2v) is 8.68. The van der Waals surface area contributed by atoms with Gasteiger partial charge in [-0.2, -0.15) is 0 Å². The van der Waals surface area contributed by atoms with Crippen LogP contribution in [0.15, 0.2) is 29.3 Å². The first-order valence-electron chi connectivity index (χ1n) is 10.2. The van der Waals surface area contributed by atoms with Crippen LogP contribution in [0.4, 0.5) is 0 Å². The average Bonchev–Trinajstić information content (AvgIpc) is 3.57. The normalized spacial score (nSPS) is 25.3. The summed E-state index contributed by atoms with van der Waals surface area (Å²) in [6.07, 6.45) is 6.55. The molecule has 4 nitrogen and oxygen atoms in total. The summed E-state index contributed by atoms with van der Waals surface area (Å²) in [5.41, 5.74) is 1.53. The van der Waals surface area contributed by atoms with Crippen molar-refractivity contribution in [3.05, 3.63) is 34.9 Å². The standard InChI is InChI=1S/C21H31ClN4/c1-2-23-20(24-13-16-8-11-26(14-16)19-6-7-19)25-15-21(9-10-21)17-4-3-5-18(22)12-17/h3-5,12,16,19H,2,6-11,13-15H2,1H3,(H2,23,24,25). The van der Waals surface area contributed by atoms with Crippen molar-refractivity contribution in [3.8, 4) is 0 Å². The molecule has 3 fully saturated rings. The van der Waals surface area contributed by atoms with Crippen LogP contribution < -0.4 is 10.6 Å². The lowest BCUT2D eigenvalue weighted by molar-refractivity contribution is 0.314. The van der Waals surface area contributed by atoms with Gasteiger partial charge >= 0.3 is 0 Å². The molecule has 2 saturated carbocycles. The molecule has 0 radical (unpaired) electrons. The first-order valence-corrected chi connectivity index (χ1v) is 10.6. The monoisotopic (exact) mass is 374 g/mol. The molecular formula is C21H31ClN4. The molecule has 1 aromatic carbocycles. The highest BCUT2D eigenvalue weighted by atomic mass is 35.5. The van der Waals surface area contributed by atoms with E-state index < -0.39 is 0 Å². The van der Waals surface area contributed by atoms with Crippen molar-refractivity contribution in [3.63, 3.8) is 0 Å². The van der Waals surface area contributed by atoms with Gasteiger partial charge in [0.2, 0.25) is 0 Å². The Labute approximate surface area is 162 Å². The van der Waals surface area contributed by atoms with Gasteiger partial charge in [-0.3, -0.25) is 4.99 Å². The van der Waals surface area contributed by atoms with Crippen LogP contribution in [0.5, 0.6) is 0 Å². The van der Waals surface area contributed by atoms with Crippen LogP contribution in [0.2, 0.25) is 5.02 Å². The molecule has 0 aromatic heterocycles. The highest BCUT2D eigenvalue weighted by Crippen LogP contribution is 2.48. The minimum atomic E-state index is 0.198. The zero-order valence-electron chi connectivity index (χ0n) is 15.8. The van der Waals surface area contributed by atoms with Crippen LogP contribution in [-0.4, -0.2) is 49.6 Å². The van der Waals surface area contributed by atoms with E-state index in [-0.39, 0.29) is 5.41 Å². The lowest BCUT2D eigenvalue weighted by Gasteiger charge is -2.18. The summed E-state index contributed by atoms with van der Waals surface area (Å²) in [7, 11) is 0. The smallest absolute Gasteiger partial charge is 0.191 e.